The highest BCUT2D eigenvalue weighted by molar-refractivity contribution is 5.29. The van der Waals surface area contributed by atoms with Gasteiger partial charge in [0.25, 0.3) is 0 Å². The van der Waals surface area contributed by atoms with Gasteiger partial charge >= 0.3 is 0 Å². The van der Waals surface area contributed by atoms with E-state index in [0.717, 1.165) is 24.8 Å². The lowest BCUT2D eigenvalue weighted by Crippen LogP contribution is -2.51. The first kappa shape index (κ1) is 12.9. The van der Waals surface area contributed by atoms with Gasteiger partial charge in [0.15, 0.2) is 0 Å². The lowest BCUT2D eigenvalue weighted by atomic mass is 9.92. The van der Waals surface area contributed by atoms with Gasteiger partial charge in [0, 0.05) is 13.1 Å². The van der Waals surface area contributed by atoms with Gasteiger partial charge in [-0.3, -0.25) is 4.90 Å². The molecule has 19 heavy (non-hydrogen) atoms. The second kappa shape index (κ2) is 5.93. The standard InChI is InChI=1S/C16H24N2O/c1-18-11-16(12-18)19-15-6-2-4-13(9-15)8-14-5-3-7-17-10-14/h2,4,6,9,14,16-17H,3,5,7-8,10-12H2,1H3. The molecule has 2 fully saturated rings. The predicted octanol–water partition coefficient (Wildman–Crippen LogP) is 1.92. The summed E-state index contributed by atoms with van der Waals surface area (Å²) in [5.41, 5.74) is 1.42. The first-order chi connectivity index (χ1) is 9.29. The SMILES string of the molecule is CN1CC(Oc2cccc(CC3CCCNC3)c2)C1. The molecule has 2 aliphatic heterocycles. The summed E-state index contributed by atoms with van der Waals surface area (Å²) in [5.74, 6) is 1.83. The fraction of sp³-hybridized carbons (Fsp3) is 0.625. The van der Waals surface area contributed by atoms with Gasteiger partial charge < -0.3 is 10.1 Å². The number of benzene rings is 1. The van der Waals surface area contributed by atoms with Gasteiger partial charge in [-0.25, -0.2) is 0 Å². The van der Waals surface area contributed by atoms with Crippen LogP contribution in [-0.4, -0.2) is 44.2 Å². The Morgan fingerprint density at radius 1 is 1.37 bits per heavy atom. The van der Waals surface area contributed by atoms with Gasteiger partial charge in [0.2, 0.25) is 0 Å². The van der Waals surface area contributed by atoms with Crippen LogP contribution >= 0.6 is 0 Å². The summed E-state index contributed by atoms with van der Waals surface area (Å²) in [6.45, 7) is 4.46. The Hall–Kier alpha value is -1.06. The van der Waals surface area contributed by atoms with Crippen LogP contribution in [0.3, 0.4) is 0 Å². The first-order valence-corrected chi connectivity index (χ1v) is 7.44. The number of ether oxygens (including phenoxy) is 1. The van der Waals surface area contributed by atoms with Crippen molar-refractivity contribution in [1.82, 2.24) is 10.2 Å². The maximum absolute atomic E-state index is 5.99. The molecule has 0 radical (unpaired) electrons. The van der Waals surface area contributed by atoms with Crippen molar-refractivity contribution in [3.05, 3.63) is 29.8 Å². The molecule has 3 nitrogen and oxygen atoms in total. The lowest BCUT2D eigenvalue weighted by molar-refractivity contribution is 0.0388. The lowest BCUT2D eigenvalue weighted by Gasteiger charge is -2.36. The molecule has 3 heteroatoms. The summed E-state index contributed by atoms with van der Waals surface area (Å²) in [7, 11) is 2.13. The van der Waals surface area contributed by atoms with E-state index in [2.05, 4.69) is 41.5 Å². The average Bonchev–Trinajstić information content (AvgIpc) is 2.39. The van der Waals surface area contributed by atoms with E-state index in [1.54, 1.807) is 0 Å². The van der Waals surface area contributed by atoms with E-state index in [0.29, 0.717) is 6.10 Å². The zero-order valence-electron chi connectivity index (χ0n) is 11.8. The second-order valence-corrected chi connectivity index (χ2v) is 6.02. The van der Waals surface area contributed by atoms with Crippen LogP contribution < -0.4 is 10.1 Å². The molecule has 1 N–H and O–H groups in total. The number of nitrogens with zero attached hydrogens (tertiary/aromatic N) is 1. The molecule has 0 saturated carbocycles. The Bertz CT molecular complexity index is 409. The maximum atomic E-state index is 5.99. The van der Waals surface area contributed by atoms with Gasteiger partial charge in [-0.1, -0.05) is 12.1 Å². The van der Waals surface area contributed by atoms with Crippen molar-refractivity contribution in [2.24, 2.45) is 5.92 Å². The fourth-order valence-corrected chi connectivity index (χ4v) is 3.09. The van der Waals surface area contributed by atoms with Gasteiger partial charge in [0.05, 0.1) is 0 Å². The molecule has 3 rings (SSSR count). The third-order valence-corrected chi connectivity index (χ3v) is 4.16. The number of rotatable bonds is 4. The van der Waals surface area contributed by atoms with Crippen LogP contribution in [0.2, 0.25) is 0 Å². The van der Waals surface area contributed by atoms with E-state index in [1.165, 1.54) is 37.9 Å². The number of likely N-dealkylation sites (tertiary alicyclic amines) is 1. The zero-order valence-corrected chi connectivity index (χ0v) is 11.8. The van der Waals surface area contributed by atoms with E-state index in [9.17, 15) is 0 Å². The largest absolute Gasteiger partial charge is 0.488 e. The highest BCUT2D eigenvalue weighted by atomic mass is 16.5. The van der Waals surface area contributed by atoms with E-state index in [-0.39, 0.29) is 0 Å². The fourth-order valence-electron chi connectivity index (χ4n) is 3.09. The Morgan fingerprint density at radius 2 is 2.26 bits per heavy atom. The number of piperidine rings is 1. The normalized spacial score (nSPS) is 25.0. The Kier molecular flexibility index (Phi) is 4.04. The predicted molar refractivity (Wildman–Crippen MR) is 77.7 cm³/mol. The molecule has 0 amide bonds. The van der Waals surface area contributed by atoms with E-state index >= 15 is 0 Å². The first-order valence-electron chi connectivity index (χ1n) is 7.44. The quantitative estimate of drug-likeness (QED) is 0.895. The van der Waals surface area contributed by atoms with Crippen LogP contribution in [0.25, 0.3) is 0 Å². The third kappa shape index (κ3) is 3.48. The van der Waals surface area contributed by atoms with Crippen molar-refractivity contribution in [2.45, 2.75) is 25.4 Å². The highest BCUT2D eigenvalue weighted by Crippen LogP contribution is 2.22. The van der Waals surface area contributed by atoms with Crippen molar-refractivity contribution in [3.8, 4) is 5.75 Å². The number of nitrogens with one attached hydrogen (secondary N) is 1. The molecule has 2 heterocycles. The zero-order chi connectivity index (χ0) is 13.1. The minimum Gasteiger partial charge on any atom is -0.488 e. The van der Waals surface area contributed by atoms with Crippen molar-refractivity contribution in [2.75, 3.05) is 33.2 Å². The second-order valence-electron chi connectivity index (χ2n) is 6.02. The van der Waals surface area contributed by atoms with Gasteiger partial charge in [-0.2, -0.15) is 0 Å². The van der Waals surface area contributed by atoms with Crippen LogP contribution in [0.4, 0.5) is 0 Å². The van der Waals surface area contributed by atoms with Crippen molar-refractivity contribution >= 4 is 0 Å². The Balaban J connectivity index is 1.56. The third-order valence-electron chi connectivity index (χ3n) is 4.16. The minimum atomic E-state index is 0.386. The topological polar surface area (TPSA) is 24.5 Å². The Morgan fingerprint density at radius 3 is 3.00 bits per heavy atom. The molecule has 1 aromatic carbocycles. The monoisotopic (exact) mass is 260 g/mol. The number of hydrogen-bond acceptors (Lipinski definition) is 3. The molecule has 0 bridgehead atoms. The van der Waals surface area contributed by atoms with Crippen LogP contribution in [-0.2, 0) is 6.42 Å². The van der Waals surface area contributed by atoms with Crippen LogP contribution in [0.1, 0.15) is 18.4 Å². The minimum absolute atomic E-state index is 0.386. The van der Waals surface area contributed by atoms with Crippen molar-refractivity contribution < 1.29 is 4.74 Å². The molecule has 1 aromatic rings. The molecule has 1 atom stereocenters. The molecule has 2 saturated heterocycles. The van der Waals surface area contributed by atoms with Crippen molar-refractivity contribution in [3.63, 3.8) is 0 Å². The van der Waals surface area contributed by atoms with Gasteiger partial charge in [-0.05, 0) is 63.0 Å². The van der Waals surface area contributed by atoms with E-state index < -0.39 is 0 Å². The summed E-state index contributed by atoms with van der Waals surface area (Å²) in [4.78, 5) is 2.28. The molecule has 1 unspecified atom stereocenters. The van der Waals surface area contributed by atoms with Gasteiger partial charge in [-0.15, -0.1) is 0 Å². The molecule has 104 valence electrons. The van der Waals surface area contributed by atoms with Crippen LogP contribution in [0.5, 0.6) is 5.75 Å². The molecular formula is C16H24N2O. The maximum Gasteiger partial charge on any atom is 0.124 e. The molecule has 0 aromatic heterocycles. The summed E-state index contributed by atoms with van der Waals surface area (Å²) >= 11 is 0. The highest BCUT2D eigenvalue weighted by Gasteiger charge is 2.24. The average molecular weight is 260 g/mol. The van der Waals surface area contributed by atoms with E-state index in [4.69, 9.17) is 4.74 Å². The van der Waals surface area contributed by atoms with Crippen molar-refractivity contribution in [1.29, 1.82) is 0 Å². The van der Waals surface area contributed by atoms with Crippen LogP contribution in [0.15, 0.2) is 24.3 Å². The summed E-state index contributed by atoms with van der Waals surface area (Å²) in [5, 5.41) is 3.49. The van der Waals surface area contributed by atoms with Gasteiger partial charge in [0.1, 0.15) is 11.9 Å². The summed E-state index contributed by atoms with van der Waals surface area (Å²) in [6, 6.07) is 8.67. The van der Waals surface area contributed by atoms with Crippen LogP contribution in [0, 0.1) is 5.92 Å². The Labute approximate surface area is 115 Å². The summed E-state index contributed by atoms with van der Waals surface area (Å²) < 4.78 is 5.99. The molecule has 0 spiro atoms. The molecule has 0 aliphatic carbocycles. The summed E-state index contributed by atoms with van der Waals surface area (Å²) in [6.07, 6.45) is 4.23. The van der Waals surface area contributed by atoms with E-state index in [1.807, 2.05) is 0 Å². The number of hydrogen-bond donors (Lipinski definition) is 1. The molecule has 2 aliphatic rings. The molecular weight excluding hydrogens is 236 g/mol. The smallest absolute Gasteiger partial charge is 0.124 e. The number of likely N-dealkylation sites (N-methyl/N-ethyl adjacent to an activating group) is 1.